The molecule has 0 aromatic heterocycles. The Labute approximate surface area is 436 Å². The van der Waals surface area contributed by atoms with E-state index in [1.54, 1.807) is 6.08 Å². The van der Waals surface area contributed by atoms with Crippen molar-refractivity contribution in [2.75, 3.05) is 19.8 Å². The molecule has 72 heavy (non-hydrogen) atoms. The Kier molecular flexibility index (Phi) is 40.9. The molecule has 1 amide bonds. The van der Waals surface area contributed by atoms with E-state index in [0.717, 1.165) is 44.9 Å². The lowest BCUT2D eigenvalue weighted by molar-refractivity contribution is -0.359. The van der Waals surface area contributed by atoms with Crippen molar-refractivity contribution < 1.29 is 64.6 Å². The third-order valence-electron chi connectivity index (χ3n) is 14.3. The van der Waals surface area contributed by atoms with Crippen LogP contribution in [0.15, 0.2) is 36.5 Å². The molecule has 0 bridgehead atoms. The van der Waals surface area contributed by atoms with Crippen molar-refractivity contribution in [1.82, 2.24) is 5.32 Å². The molecule has 2 aliphatic rings. The normalized spacial score (nSPS) is 25.8. The van der Waals surface area contributed by atoms with Crippen LogP contribution in [0.5, 0.6) is 0 Å². The van der Waals surface area contributed by atoms with Gasteiger partial charge in [0.15, 0.2) is 12.6 Å². The van der Waals surface area contributed by atoms with Crippen LogP contribution >= 0.6 is 0 Å². The van der Waals surface area contributed by atoms with E-state index < -0.39 is 86.8 Å². The molecular weight excluding hydrogens is 919 g/mol. The van der Waals surface area contributed by atoms with Crippen molar-refractivity contribution >= 4 is 5.91 Å². The minimum absolute atomic E-state index is 0.253. The molecule has 12 unspecified atom stereocenters. The molecule has 14 nitrogen and oxygen atoms in total. The third-order valence-corrected chi connectivity index (χ3v) is 14.3. The third kappa shape index (κ3) is 30.1. The molecule has 422 valence electrons. The molecule has 0 aromatic rings. The summed E-state index contributed by atoms with van der Waals surface area (Å²) < 4.78 is 22.7. The average molecular weight is 1030 g/mol. The molecule has 2 rings (SSSR count). The Hall–Kier alpha value is -1.79. The van der Waals surface area contributed by atoms with Crippen molar-refractivity contribution in [3.8, 4) is 0 Å². The zero-order chi connectivity index (χ0) is 52.4. The maximum Gasteiger partial charge on any atom is 0.220 e. The first-order chi connectivity index (χ1) is 35.1. The second kappa shape index (κ2) is 44.3. The molecule has 9 N–H and O–H groups in total. The Morgan fingerprint density at radius 1 is 0.500 bits per heavy atom. The maximum absolute atomic E-state index is 13.2. The van der Waals surface area contributed by atoms with Gasteiger partial charge in [0, 0.05) is 6.42 Å². The van der Waals surface area contributed by atoms with Crippen LogP contribution in [0.2, 0.25) is 0 Å². The molecule has 0 aliphatic carbocycles. The van der Waals surface area contributed by atoms with Gasteiger partial charge in [-0.3, -0.25) is 4.79 Å². The Balaban J connectivity index is 1.66. The monoisotopic (exact) mass is 1030 g/mol. The Morgan fingerprint density at radius 2 is 0.903 bits per heavy atom. The van der Waals surface area contributed by atoms with Crippen LogP contribution < -0.4 is 5.32 Å². The summed E-state index contributed by atoms with van der Waals surface area (Å²) in [6.45, 7) is 2.65. The number of allylic oxidation sites excluding steroid dienone is 5. The van der Waals surface area contributed by atoms with Gasteiger partial charge in [-0.1, -0.05) is 224 Å². The minimum Gasteiger partial charge on any atom is -0.394 e. The summed E-state index contributed by atoms with van der Waals surface area (Å²) in [4.78, 5) is 13.2. The molecule has 2 aliphatic heterocycles. The van der Waals surface area contributed by atoms with Gasteiger partial charge in [-0.25, -0.2) is 0 Å². The standard InChI is InChI=1S/C58H107NO13/c1-3-5-7-9-11-13-15-16-17-18-19-20-21-22-23-24-25-26-27-28-29-30-31-32-34-36-38-40-42-50(63)59-46(47(62)41-39-37-35-33-14-12-10-8-6-4-2)45-69-57-55(68)53(66)56(49(44-61)71-57)72-58-54(67)52(65)51(64)48(43-60)70-58/h6,8,14,33,39,41,46-49,51-58,60-62,64-68H,3-5,7,9-13,15-32,34-38,40,42-45H2,1-2H3,(H,59,63)/b8-6+,33-14+,41-39+. The molecule has 0 spiro atoms. The van der Waals surface area contributed by atoms with Crippen LogP contribution in [0, 0.1) is 0 Å². The van der Waals surface area contributed by atoms with Crippen LogP contribution in [-0.2, 0) is 23.7 Å². The first-order valence-corrected chi connectivity index (χ1v) is 29.2. The van der Waals surface area contributed by atoms with E-state index >= 15 is 0 Å². The number of carbonyl (C=O) groups is 1. The molecule has 0 radical (unpaired) electrons. The van der Waals surface area contributed by atoms with Gasteiger partial charge < -0.3 is 65.1 Å². The lowest BCUT2D eigenvalue weighted by Crippen LogP contribution is -2.65. The lowest BCUT2D eigenvalue weighted by Gasteiger charge is -2.46. The number of rotatable bonds is 46. The molecule has 0 saturated carbocycles. The van der Waals surface area contributed by atoms with Crippen LogP contribution in [0.4, 0.5) is 0 Å². The SMILES string of the molecule is CC/C=C/CC/C=C/CC/C=C/C(O)C(COC1OC(CO)C(OC2OC(CO)C(O)C(O)C2O)C(O)C1O)NC(=O)CCCCCCCCCCCCCCCCCCCCCCCCCCCCCC. The van der Waals surface area contributed by atoms with Crippen molar-refractivity contribution in [3.05, 3.63) is 36.5 Å². The first-order valence-electron chi connectivity index (χ1n) is 29.2. The smallest absolute Gasteiger partial charge is 0.220 e. The first kappa shape index (κ1) is 66.3. The fourth-order valence-electron chi connectivity index (χ4n) is 9.63. The number of nitrogens with one attached hydrogen (secondary N) is 1. The van der Waals surface area contributed by atoms with Crippen molar-refractivity contribution in [3.63, 3.8) is 0 Å². The summed E-state index contributed by atoms with van der Waals surface area (Å²) in [5.41, 5.74) is 0. The molecule has 14 heteroatoms. The Bertz CT molecular complexity index is 1350. The van der Waals surface area contributed by atoms with Gasteiger partial charge in [-0.2, -0.15) is 0 Å². The van der Waals surface area contributed by atoms with Crippen LogP contribution in [0.3, 0.4) is 0 Å². The quantitative estimate of drug-likeness (QED) is 0.0205. The second-order valence-electron chi connectivity index (χ2n) is 20.7. The van der Waals surface area contributed by atoms with E-state index in [0.29, 0.717) is 12.8 Å². The summed E-state index contributed by atoms with van der Waals surface area (Å²) in [5, 5.41) is 86.7. The average Bonchev–Trinajstić information content (AvgIpc) is 3.38. The maximum atomic E-state index is 13.2. The van der Waals surface area contributed by atoms with E-state index in [1.165, 1.54) is 154 Å². The van der Waals surface area contributed by atoms with E-state index in [4.69, 9.17) is 18.9 Å². The van der Waals surface area contributed by atoms with Crippen LogP contribution in [0.1, 0.15) is 232 Å². The number of amides is 1. The van der Waals surface area contributed by atoms with E-state index in [9.17, 15) is 45.6 Å². The highest BCUT2D eigenvalue weighted by Gasteiger charge is 2.51. The second-order valence-corrected chi connectivity index (χ2v) is 20.7. The summed E-state index contributed by atoms with van der Waals surface area (Å²) >= 11 is 0. The summed E-state index contributed by atoms with van der Waals surface area (Å²) in [7, 11) is 0. The number of hydrogen-bond acceptors (Lipinski definition) is 13. The van der Waals surface area contributed by atoms with Crippen molar-refractivity contribution in [2.45, 2.75) is 306 Å². The fraction of sp³-hybridized carbons (Fsp3) is 0.879. The van der Waals surface area contributed by atoms with Gasteiger partial charge in [0.1, 0.15) is 48.8 Å². The van der Waals surface area contributed by atoms with Gasteiger partial charge in [-0.15, -0.1) is 0 Å². The van der Waals surface area contributed by atoms with Gasteiger partial charge in [-0.05, 0) is 38.5 Å². The largest absolute Gasteiger partial charge is 0.394 e. The van der Waals surface area contributed by atoms with Gasteiger partial charge in [0.05, 0.1) is 32.0 Å². The molecule has 2 saturated heterocycles. The minimum atomic E-state index is -1.79. The predicted octanol–water partition coefficient (Wildman–Crippen LogP) is 9.44. The number of unbranched alkanes of at least 4 members (excludes halogenated alkanes) is 29. The zero-order valence-corrected chi connectivity index (χ0v) is 45.2. The molecule has 2 heterocycles. The molecule has 0 aromatic carbocycles. The van der Waals surface area contributed by atoms with E-state index in [1.807, 2.05) is 6.08 Å². The predicted molar refractivity (Wildman–Crippen MR) is 286 cm³/mol. The highest BCUT2D eigenvalue weighted by atomic mass is 16.7. The molecule has 2 fully saturated rings. The van der Waals surface area contributed by atoms with Gasteiger partial charge in [0.2, 0.25) is 5.91 Å². The van der Waals surface area contributed by atoms with Crippen LogP contribution in [-0.4, -0.2) is 140 Å². The van der Waals surface area contributed by atoms with E-state index in [2.05, 4.69) is 43.5 Å². The number of aliphatic hydroxyl groups is 8. The number of aliphatic hydroxyl groups excluding tert-OH is 8. The Morgan fingerprint density at radius 3 is 1.35 bits per heavy atom. The van der Waals surface area contributed by atoms with E-state index in [-0.39, 0.29) is 18.9 Å². The summed E-state index contributed by atoms with van der Waals surface area (Å²) in [5.74, 6) is -0.253. The number of ether oxygens (including phenoxy) is 4. The lowest BCUT2D eigenvalue weighted by atomic mass is 9.97. The van der Waals surface area contributed by atoms with Crippen molar-refractivity contribution in [1.29, 1.82) is 0 Å². The fourth-order valence-corrected chi connectivity index (χ4v) is 9.63. The highest BCUT2D eigenvalue weighted by molar-refractivity contribution is 5.76. The molecule has 12 atom stereocenters. The number of hydrogen-bond donors (Lipinski definition) is 9. The van der Waals surface area contributed by atoms with Gasteiger partial charge >= 0.3 is 0 Å². The summed E-state index contributed by atoms with van der Waals surface area (Å²) in [6, 6.07) is -0.933. The molecular formula is C58H107NO13. The number of carbonyl (C=O) groups excluding carboxylic acids is 1. The highest BCUT2D eigenvalue weighted by Crippen LogP contribution is 2.30. The zero-order valence-electron chi connectivity index (χ0n) is 45.2. The van der Waals surface area contributed by atoms with Crippen molar-refractivity contribution in [2.24, 2.45) is 0 Å². The van der Waals surface area contributed by atoms with Crippen LogP contribution in [0.25, 0.3) is 0 Å². The topological polar surface area (TPSA) is 228 Å². The van der Waals surface area contributed by atoms with Gasteiger partial charge in [0.25, 0.3) is 0 Å². The summed E-state index contributed by atoms with van der Waals surface area (Å²) in [6.07, 6.45) is 36.6.